The van der Waals surface area contributed by atoms with E-state index in [1.54, 1.807) is 12.1 Å². The molecule has 0 heterocycles. The van der Waals surface area contributed by atoms with E-state index in [-0.39, 0.29) is 36.3 Å². The molecule has 0 saturated heterocycles. The van der Waals surface area contributed by atoms with Gasteiger partial charge in [0.2, 0.25) is 17.1 Å². The molecule has 43 heavy (non-hydrogen) atoms. The van der Waals surface area contributed by atoms with E-state index in [4.69, 9.17) is 18.9 Å². The number of hydrogen-bond donors (Lipinski definition) is 3. The highest BCUT2D eigenvalue weighted by molar-refractivity contribution is 5.98. The molecule has 2 aromatic carbocycles. The van der Waals surface area contributed by atoms with Crippen molar-refractivity contribution in [2.24, 2.45) is 5.41 Å². The average molecular weight is 603 g/mol. The fourth-order valence-corrected chi connectivity index (χ4v) is 5.58. The van der Waals surface area contributed by atoms with Crippen LogP contribution in [0.5, 0.6) is 23.0 Å². The third kappa shape index (κ3) is 7.00. The van der Waals surface area contributed by atoms with Crippen LogP contribution in [0.4, 0.5) is 4.39 Å². The van der Waals surface area contributed by atoms with Crippen LogP contribution in [0.25, 0.3) is 11.1 Å². The van der Waals surface area contributed by atoms with E-state index in [0.717, 1.165) is 5.56 Å². The second-order valence-electron chi connectivity index (χ2n) is 10.3. The molecule has 0 saturated carbocycles. The summed E-state index contributed by atoms with van der Waals surface area (Å²) in [6, 6.07) is 6.08. The zero-order valence-electron chi connectivity index (χ0n) is 24.8. The number of halogens is 1. The van der Waals surface area contributed by atoms with Crippen molar-refractivity contribution in [1.82, 2.24) is 5.32 Å². The SMILES string of the molecule is COc1cc2c(c(OC)c1OC)-c1ccc(OC)c(=O)cc1[C@@H](NC(=O)CCCCCC(CC[18F])(C(=O)O)C(=O)O)CC2. The van der Waals surface area contributed by atoms with Gasteiger partial charge in [0.1, 0.15) is 0 Å². The highest BCUT2D eigenvalue weighted by Crippen LogP contribution is 2.50. The molecular weight excluding hydrogens is 564 g/mol. The molecule has 1 aliphatic carbocycles. The van der Waals surface area contributed by atoms with Crippen molar-refractivity contribution in [3.8, 4) is 34.1 Å². The van der Waals surface area contributed by atoms with Crippen LogP contribution in [-0.4, -0.2) is 63.2 Å². The Kier molecular flexibility index (Phi) is 11.3. The van der Waals surface area contributed by atoms with Crippen molar-refractivity contribution in [3.05, 3.63) is 45.6 Å². The number of carboxylic acid groups (broad SMARTS) is 2. The van der Waals surface area contributed by atoms with Gasteiger partial charge in [0.15, 0.2) is 22.7 Å². The van der Waals surface area contributed by atoms with Crippen LogP contribution in [0, 0.1) is 5.41 Å². The van der Waals surface area contributed by atoms with Crippen molar-refractivity contribution < 1.29 is 47.9 Å². The van der Waals surface area contributed by atoms with Crippen LogP contribution >= 0.6 is 0 Å². The van der Waals surface area contributed by atoms with Crippen molar-refractivity contribution in [2.45, 2.75) is 57.4 Å². The highest BCUT2D eigenvalue weighted by atomic mass is 18.2. The van der Waals surface area contributed by atoms with Gasteiger partial charge in [-0.1, -0.05) is 18.9 Å². The highest BCUT2D eigenvalue weighted by Gasteiger charge is 2.45. The molecule has 11 nitrogen and oxygen atoms in total. The van der Waals surface area contributed by atoms with E-state index in [1.807, 2.05) is 6.07 Å². The number of benzene rings is 1. The maximum absolute atomic E-state index is 13.1. The van der Waals surface area contributed by atoms with Gasteiger partial charge < -0.3 is 34.5 Å². The molecular formula is C31H38FNO10. The molecule has 0 fully saturated rings. The standard InChI is InChI=1S/C31H38FNO10/c1-40-23-12-10-19-20(17-22(23)34)21(11-9-18-16-24(41-2)27(42-3)28(43-4)26(18)19)33-25(35)8-6-5-7-13-31(14-15-32,29(36)37)30(38)39/h10,12,16-17,21H,5-9,11,13-15H2,1-4H3,(H,33,35)(H,36,37)(H,38,39)/t21-/m0/s1/i32-1. The number of ether oxygens (including phenoxy) is 4. The Hall–Kier alpha value is -4.35. The number of nitrogens with one attached hydrogen (secondary N) is 1. The molecule has 1 aliphatic rings. The topological polar surface area (TPSA) is 158 Å². The molecule has 0 spiro atoms. The van der Waals surface area contributed by atoms with Crippen molar-refractivity contribution in [1.29, 1.82) is 0 Å². The molecule has 3 rings (SSSR count). The number of alkyl halides is 1. The third-order valence-electron chi connectivity index (χ3n) is 7.90. The van der Waals surface area contributed by atoms with Gasteiger partial charge in [0.05, 0.1) is 41.2 Å². The summed E-state index contributed by atoms with van der Waals surface area (Å²) in [5, 5.41) is 21.9. The summed E-state index contributed by atoms with van der Waals surface area (Å²) in [5.74, 6) is -2.01. The first-order valence-corrected chi connectivity index (χ1v) is 13.9. The van der Waals surface area contributed by atoms with Gasteiger partial charge in [-0.05, 0) is 60.6 Å². The Balaban J connectivity index is 1.86. The molecule has 0 radical (unpaired) electrons. The van der Waals surface area contributed by atoms with Crippen molar-refractivity contribution >= 4 is 17.8 Å². The normalized spacial score (nSPS) is 14.0. The number of aryl methyl sites for hydroxylation is 1. The van der Waals surface area contributed by atoms with Crippen LogP contribution in [0.3, 0.4) is 0 Å². The summed E-state index contributed by atoms with van der Waals surface area (Å²) in [4.78, 5) is 49.3. The Morgan fingerprint density at radius 2 is 1.58 bits per heavy atom. The zero-order chi connectivity index (χ0) is 31.7. The summed E-state index contributed by atoms with van der Waals surface area (Å²) >= 11 is 0. The Bertz CT molecular complexity index is 1400. The average Bonchev–Trinajstić information content (AvgIpc) is 3.23. The van der Waals surface area contributed by atoms with Gasteiger partial charge in [0, 0.05) is 18.4 Å². The number of aliphatic carboxylic acids is 2. The summed E-state index contributed by atoms with van der Waals surface area (Å²) in [5.41, 5.74) is 0.263. The minimum absolute atomic E-state index is 0.0898. The Morgan fingerprint density at radius 1 is 0.907 bits per heavy atom. The molecule has 0 bridgehead atoms. The molecule has 1 atom stereocenters. The number of carboxylic acids is 2. The number of carbonyl (C=O) groups excluding carboxylic acids is 1. The maximum atomic E-state index is 13.1. The van der Waals surface area contributed by atoms with Crippen LogP contribution in [0.1, 0.15) is 62.1 Å². The lowest BCUT2D eigenvalue weighted by Crippen LogP contribution is -2.40. The van der Waals surface area contributed by atoms with E-state index in [2.05, 4.69) is 5.32 Å². The van der Waals surface area contributed by atoms with E-state index in [0.29, 0.717) is 59.6 Å². The van der Waals surface area contributed by atoms with Crippen LogP contribution in [0.2, 0.25) is 0 Å². The fraction of sp³-hybridized carbons (Fsp3) is 0.484. The molecule has 12 heteroatoms. The summed E-state index contributed by atoms with van der Waals surface area (Å²) in [6.45, 7) is -1.06. The quantitative estimate of drug-likeness (QED) is 0.198. The molecule has 234 valence electrons. The Labute approximate surface area is 248 Å². The zero-order valence-corrected chi connectivity index (χ0v) is 24.8. The lowest BCUT2D eigenvalue weighted by Gasteiger charge is -2.23. The van der Waals surface area contributed by atoms with Gasteiger partial charge in [-0.25, -0.2) is 0 Å². The van der Waals surface area contributed by atoms with Gasteiger partial charge in [-0.2, -0.15) is 0 Å². The van der Waals surface area contributed by atoms with Crippen molar-refractivity contribution in [3.63, 3.8) is 0 Å². The van der Waals surface area contributed by atoms with E-state index in [1.165, 1.54) is 34.5 Å². The maximum Gasteiger partial charge on any atom is 0.321 e. The number of carbonyl (C=O) groups is 3. The number of fused-ring (bicyclic) bond motifs is 3. The van der Waals surface area contributed by atoms with Gasteiger partial charge in [0.25, 0.3) is 0 Å². The first-order valence-electron chi connectivity index (χ1n) is 13.9. The predicted molar refractivity (Wildman–Crippen MR) is 155 cm³/mol. The molecule has 0 aromatic heterocycles. The minimum atomic E-state index is -2.19. The largest absolute Gasteiger partial charge is 0.493 e. The predicted octanol–water partition coefficient (Wildman–Crippen LogP) is 4.32. The molecule has 0 aliphatic heterocycles. The number of methoxy groups -OCH3 is 4. The van der Waals surface area contributed by atoms with Crippen LogP contribution < -0.4 is 29.7 Å². The Morgan fingerprint density at radius 3 is 2.16 bits per heavy atom. The van der Waals surface area contributed by atoms with Gasteiger partial charge in [-0.3, -0.25) is 23.6 Å². The lowest BCUT2D eigenvalue weighted by atomic mass is 9.80. The second-order valence-corrected chi connectivity index (χ2v) is 10.3. The van der Waals surface area contributed by atoms with Gasteiger partial charge in [-0.15, -0.1) is 0 Å². The number of amides is 1. The van der Waals surface area contributed by atoms with E-state index in [9.17, 15) is 33.8 Å². The molecule has 0 unspecified atom stereocenters. The van der Waals surface area contributed by atoms with E-state index < -0.39 is 36.5 Å². The fourth-order valence-electron chi connectivity index (χ4n) is 5.58. The summed E-state index contributed by atoms with van der Waals surface area (Å²) in [7, 11) is 5.94. The molecule has 1 amide bonds. The summed E-state index contributed by atoms with van der Waals surface area (Å²) in [6.07, 6.45) is 1.15. The lowest BCUT2D eigenvalue weighted by molar-refractivity contribution is -0.166. The summed E-state index contributed by atoms with van der Waals surface area (Å²) < 4.78 is 35.1. The number of unbranched alkanes of at least 4 members (excludes halogenated alkanes) is 2. The first kappa shape index (κ1) is 33.2. The van der Waals surface area contributed by atoms with Gasteiger partial charge >= 0.3 is 11.9 Å². The molecule has 3 N–H and O–H groups in total. The second kappa shape index (κ2) is 14.7. The van der Waals surface area contributed by atoms with Crippen molar-refractivity contribution in [2.75, 3.05) is 35.1 Å². The third-order valence-corrected chi connectivity index (χ3v) is 7.90. The number of rotatable bonds is 15. The monoisotopic (exact) mass is 602 g/mol. The minimum Gasteiger partial charge on any atom is -0.493 e. The number of hydrogen-bond acceptors (Lipinski definition) is 8. The first-order chi connectivity index (χ1) is 20.6. The van der Waals surface area contributed by atoms with Crippen LogP contribution in [-0.2, 0) is 20.8 Å². The van der Waals surface area contributed by atoms with E-state index >= 15 is 0 Å². The smallest absolute Gasteiger partial charge is 0.321 e. The molecule has 2 aromatic rings. The van der Waals surface area contributed by atoms with Crippen LogP contribution in [0.15, 0.2) is 29.1 Å².